The molecule has 0 saturated heterocycles. The van der Waals surface area contributed by atoms with Gasteiger partial charge in [0.1, 0.15) is 6.61 Å². The van der Waals surface area contributed by atoms with Crippen molar-refractivity contribution in [2.24, 2.45) is 0 Å². The molecule has 0 radical (unpaired) electrons. The fraction of sp³-hybridized carbons (Fsp3) is 0.143. The number of anilines is 1. The predicted octanol–water partition coefficient (Wildman–Crippen LogP) is 4.06. The highest BCUT2D eigenvalue weighted by Crippen LogP contribution is 2.26. The molecule has 0 spiro atoms. The molecule has 0 saturated carbocycles. The van der Waals surface area contributed by atoms with E-state index in [9.17, 15) is 4.39 Å². The molecule has 94 valence electrons. The Morgan fingerprint density at radius 1 is 1.22 bits per heavy atom. The summed E-state index contributed by atoms with van der Waals surface area (Å²) < 4.78 is 20.0. The Hall–Kier alpha value is -1.55. The summed E-state index contributed by atoms with van der Waals surface area (Å²) in [6, 6.07) is 10.6. The molecule has 4 heteroatoms. The van der Waals surface area contributed by atoms with Crippen LogP contribution in [-0.4, -0.2) is 0 Å². The van der Waals surface area contributed by atoms with Crippen LogP contribution < -0.4 is 10.5 Å². The van der Waals surface area contributed by atoms with Crippen LogP contribution >= 0.6 is 15.9 Å². The lowest BCUT2D eigenvalue weighted by Crippen LogP contribution is -2.00. The number of hydrogen-bond acceptors (Lipinski definition) is 2. The Labute approximate surface area is 114 Å². The molecule has 0 heterocycles. The van der Waals surface area contributed by atoms with Crippen LogP contribution in [0, 0.1) is 12.7 Å². The van der Waals surface area contributed by atoms with Crippen LogP contribution in [0.15, 0.2) is 40.9 Å². The van der Waals surface area contributed by atoms with Gasteiger partial charge in [0, 0.05) is 15.7 Å². The maximum Gasteiger partial charge on any atom is 0.167 e. The Morgan fingerprint density at radius 2 is 1.94 bits per heavy atom. The van der Waals surface area contributed by atoms with Crippen molar-refractivity contribution in [3.63, 3.8) is 0 Å². The SMILES string of the molecule is Cc1cccc(OCc2cccc(N)c2Br)c1F. The molecule has 0 aromatic heterocycles. The Bertz CT molecular complexity index is 520. The first-order valence-electron chi connectivity index (χ1n) is 5.50. The number of nitrogens with two attached hydrogens (primary N) is 1. The van der Waals surface area contributed by atoms with E-state index in [0.29, 0.717) is 11.3 Å². The molecule has 18 heavy (non-hydrogen) atoms. The average molecular weight is 310 g/mol. The van der Waals surface area contributed by atoms with Gasteiger partial charge >= 0.3 is 0 Å². The molecule has 2 N–H and O–H groups in total. The van der Waals surface area contributed by atoms with Crippen LogP contribution in [0.2, 0.25) is 0 Å². The minimum atomic E-state index is -0.322. The van der Waals surface area contributed by atoms with E-state index in [4.69, 9.17) is 10.5 Å². The van der Waals surface area contributed by atoms with Gasteiger partial charge in [0.15, 0.2) is 11.6 Å². The van der Waals surface area contributed by atoms with Crippen molar-refractivity contribution in [1.29, 1.82) is 0 Å². The molecule has 0 unspecified atom stereocenters. The first-order chi connectivity index (χ1) is 8.59. The lowest BCUT2D eigenvalue weighted by molar-refractivity contribution is 0.289. The third-order valence-electron chi connectivity index (χ3n) is 2.65. The van der Waals surface area contributed by atoms with E-state index in [-0.39, 0.29) is 18.2 Å². The fourth-order valence-electron chi connectivity index (χ4n) is 1.60. The number of rotatable bonds is 3. The minimum Gasteiger partial charge on any atom is -0.486 e. The Morgan fingerprint density at radius 3 is 2.72 bits per heavy atom. The lowest BCUT2D eigenvalue weighted by Gasteiger charge is -2.10. The first kappa shape index (κ1) is 12.9. The van der Waals surface area contributed by atoms with Gasteiger partial charge in [0.2, 0.25) is 0 Å². The quantitative estimate of drug-likeness (QED) is 0.868. The zero-order valence-electron chi connectivity index (χ0n) is 9.91. The summed E-state index contributed by atoms with van der Waals surface area (Å²) in [6.07, 6.45) is 0. The van der Waals surface area contributed by atoms with Crippen LogP contribution in [0.25, 0.3) is 0 Å². The number of halogens is 2. The molecular formula is C14H13BrFNO. The van der Waals surface area contributed by atoms with Gasteiger partial charge in [-0.25, -0.2) is 4.39 Å². The highest BCUT2D eigenvalue weighted by atomic mass is 79.9. The van der Waals surface area contributed by atoms with Crippen LogP contribution in [0.3, 0.4) is 0 Å². The number of hydrogen-bond donors (Lipinski definition) is 1. The number of ether oxygens (including phenoxy) is 1. The van der Waals surface area contributed by atoms with Crippen molar-refractivity contribution in [2.45, 2.75) is 13.5 Å². The molecule has 0 aliphatic heterocycles. The van der Waals surface area contributed by atoms with Crippen molar-refractivity contribution in [2.75, 3.05) is 5.73 Å². The molecule has 0 fully saturated rings. The molecule has 2 nitrogen and oxygen atoms in total. The van der Waals surface area contributed by atoms with Gasteiger partial charge in [0.05, 0.1) is 0 Å². The third kappa shape index (κ3) is 2.64. The van der Waals surface area contributed by atoms with Crippen LogP contribution in [0.4, 0.5) is 10.1 Å². The predicted molar refractivity (Wildman–Crippen MR) is 74.0 cm³/mol. The van der Waals surface area contributed by atoms with E-state index in [1.165, 1.54) is 0 Å². The maximum atomic E-state index is 13.7. The van der Waals surface area contributed by atoms with Crippen molar-refractivity contribution < 1.29 is 9.13 Å². The second-order valence-electron chi connectivity index (χ2n) is 4.00. The van der Waals surface area contributed by atoms with E-state index in [1.807, 2.05) is 12.1 Å². The van der Waals surface area contributed by atoms with Crippen molar-refractivity contribution in [3.8, 4) is 5.75 Å². The van der Waals surface area contributed by atoms with Crippen LogP contribution in [-0.2, 0) is 6.61 Å². The standard InChI is InChI=1S/C14H13BrFNO/c1-9-4-2-7-12(14(9)16)18-8-10-5-3-6-11(17)13(10)15/h2-7H,8,17H2,1H3. The van der Waals surface area contributed by atoms with Gasteiger partial charge in [-0.3, -0.25) is 0 Å². The van der Waals surface area contributed by atoms with Crippen LogP contribution in [0.1, 0.15) is 11.1 Å². The molecular weight excluding hydrogens is 297 g/mol. The lowest BCUT2D eigenvalue weighted by atomic mass is 10.2. The maximum absolute atomic E-state index is 13.7. The largest absolute Gasteiger partial charge is 0.486 e. The highest BCUT2D eigenvalue weighted by Gasteiger charge is 2.08. The average Bonchev–Trinajstić information content (AvgIpc) is 2.36. The van der Waals surface area contributed by atoms with Gasteiger partial charge in [-0.05, 0) is 40.5 Å². The van der Waals surface area contributed by atoms with E-state index < -0.39 is 0 Å². The van der Waals surface area contributed by atoms with E-state index >= 15 is 0 Å². The topological polar surface area (TPSA) is 35.2 Å². The van der Waals surface area contributed by atoms with Gasteiger partial charge in [0.25, 0.3) is 0 Å². The van der Waals surface area contributed by atoms with E-state index in [0.717, 1.165) is 10.0 Å². The van der Waals surface area contributed by atoms with Gasteiger partial charge < -0.3 is 10.5 Å². The normalized spacial score (nSPS) is 10.4. The summed E-state index contributed by atoms with van der Waals surface area (Å²) in [6.45, 7) is 1.98. The van der Waals surface area contributed by atoms with Gasteiger partial charge in [-0.2, -0.15) is 0 Å². The number of nitrogen functional groups attached to an aromatic ring is 1. The Balaban J connectivity index is 2.17. The molecule has 0 aliphatic carbocycles. The summed E-state index contributed by atoms with van der Waals surface area (Å²) in [4.78, 5) is 0. The first-order valence-corrected chi connectivity index (χ1v) is 6.29. The highest BCUT2D eigenvalue weighted by molar-refractivity contribution is 9.10. The smallest absolute Gasteiger partial charge is 0.167 e. The van der Waals surface area contributed by atoms with Crippen molar-refractivity contribution >= 4 is 21.6 Å². The fourth-order valence-corrected chi connectivity index (χ4v) is 1.98. The summed E-state index contributed by atoms with van der Waals surface area (Å²) >= 11 is 3.39. The van der Waals surface area contributed by atoms with Gasteiger partial charge in [-0.15, -0.1) is 0 Å². The van der Waals surface area contributed by atoms with Crippen LogP contribution in [0.5, 0.6) is 5.75 Å². The molecule has 2 aromatic carbocycles. The second kappa shape index (κ2) is 5.40. The van der Waals surface area contributed by atoms with Gasteiger partial charge in [-0.1, -0.05) is 24.3 Å². The summed E-state index contributed by atoms with van der Waals surface area (Å²) in [5.74, 6) is -0.0677. The zero-order valence-corrected chi connectivity index (χ0v) is 11.5. The minimum absolute atomic E-state index is 0.254. The van der Waals surface area contributed by atoms with Crippen molar-refractivity contribution in [1.82, 2.24) is 0 Å². The third-order valence-corrected chi connectivity index (χ3v) is 3.62. The molecule has 0 bridgehead atoms. The van der Waals surface area contributed by atoms with E-state index in [2.05, 4.69) is 15.9 Å². The summed E-state index contributed by atoms with van der Waals surface area (Å²) in [5.41, 5.74) is 7.86. The zero-order chi connectivity index (χ0) is 13.1. The van der Waals surface area contributed by atoms with E-state index in [1.54, 1.807) is 31.2 Å². The molecule has 0 amide bonds. The summed E-state index contributed by atoms with van der Waals surface area (Å²) in [7, 11) is 0. The number of aryl methyl sites for hydroxylation is 1. The second-order valence-corrected chi connectivity index (χ2v) is 4.79. The molecule has 2 rings (SSSR count). The van der Waals surface area contributed by atoms with Crippen molar-refractivity contribution in [3.05, 3.63) is 57.8 Å². The molecule has 0 aliphatic rings. The Kier molecular flexibility index (Phi) is 3.87. The number of benzene rings is 2. The monoisotopic (exact) mass is 309 g/mol. The summed E-state index contributed by atoms with van der Waals surface area (Å²) in [5, 5.41) is 0. The molecule has 2 aromatic rings. The molecule has 0 atom stereocenters.